The van der Waals surface area contributed by atoms with Crippen molar-refractivity contribution in [1.29, 1.82) is 0 Å². The zero-order chi connectivity index (χ0) is 10.0. The number of primary amides is 1. The summed E-state index contributed by atoms with van der Waals surface area (Å²) in [6.45, 7) is 1.62. The Morgan fingerprint density at radius 2 is 2.00 bits per heavy atom. The second kappa shape index (κ2) is 3.26. The fourth-order valence-corrected chi connectivity index (χ4v) is 1.06. The van der Waals surface area contributed by atoms with Gasteiger partial charge in [-0.05, 0) is 30.7 Å². The Kier molecular flexibility index (Phi) is 2.32. The summed E-state index contributed by atoms with van der Waals surface area (Å²) in [4.78, 5) is 21.3. The number of carbonyl (C=O) groups is 2. The molecule has 0 spiro atoms. The number of aromatic carboxylic acids is 1. The summed E-state index contributed by atoms with van der Waals surface area (Å²) in [5, 5.41) is 8.68. The lowest BCUT2D eigenvalue weighted by molar-refractivity contribution is 0.0695. The molecule has 3 N–H and O–H groups in total. The summed E-state index contributed by atoms with van der Waals surface area (Å²) >= 11 is 0. The number of carboxylic acids is 1. The average Bonchev–Trinajstić information content (AvgIpc) is 2.03. The van der Waals surface area contributed by atoms with Crippen molar-refractivity contribution in [3.63, 3.8) is 0 Å². The number of hydrogen-bond acceptors (Lipinski definition) is 2. The third kappa shape index (κ3) is 1.84. The normalized spacial score (nSPS) is 9.62. The predicted molar refractivity (Wildman–Crippen MR) is 46.7 cm³/mol. The zero-order valence-corrected chi connectivity index (χ0v) is 7.07. The Morgan fingerprint density at radius 1 is 1.38 bits per heavy atom. The van der Waals surface area contributed by atoms with E-state index in [9.17, 15) is 9.59 Å². The predicted octanol–water partition coefficient (Wildman–Crippen LogP) is 0.792. The molecule has 0 saturated heterocycles. The Balaban J connectivity index is 3.20. The average molecular weight is 179 g/mol. The molecule has 0 fully saturated rings. The molecular formula is C9H9NO3. The van der Waals surface area contributed by atoms with Crippen molar-refractivity contribution in [1.82, 2.24) is 0 Å². The number of carbonyl (C=O) groups excluding carboxylic acids is 1. The highest BCUT2D eigenvalue weighted by Crippen LogP contribution is 2.10. The van der Waals surface area contributed by atoms with Crippen LogP contribution in [0.3, 0.4) is 0 Å². The van der Waals surface area contributed by atoms with Crippen LogP contribution in [0, 0.1) is 6.92 Å². The number of rotatable bonds is 2. The van der Waals surface area contributed by atoms with Crippen molar-refractivity contribution in [2.24, 2.45) is 5.73 Å². The summed E-state index contributed by atoms with van der Waals surface area (Å²) in [5.41, 5.74) is 6.06. The molecule has 1 aromatic rings. The first kappa shape index (κ1) is 9.25. The first-order valence-electron chi connectivity index (χ1n) is 3.66. The van der Waals surface area contributed by atoms with Gasteiger partial charge in [-0.2, -0.15) is 0 Å². The molecule has 0 unspecified atom stereocenters. The van der Waals surface area contributed by atoms with Gasteiger partial charge in [-0.15, -0.1) is 0 Å². The van der Waals surface area contributed by atoms with Gasteiger partial charge in [0.15, 0.2) is 0 Å². The molecule has 0 aromatic heterocycles. The summed E-state index contributed by atoms with van der Waals surface area (Å²) < 4.78 is 0. The van der Waals surface area contributed by atoms with Gasteiger partial charge in [-0.25, -0.2) is 4.79 Å². The van der Waals surface area contributed by atoms with Crippen LogP contribution in [0.25, 0.3) is 0 Å². The summed E-state index contributed by atoms with van der Waals surface area (Å²) in [6, 6.07) is 4.24. The van der Waals surface area contributed by atoms with Crippen LogP contribution in [0.2, 0.25) is 0 Å². The van der Waals surface area contributed by atoms with Crippen LogP contribution in [0.5, 0.6) is 0 Å². The van der Waals surface area contributed by atoms with E-state index in [4.69, 9.17) is 10.8 Å². The topological polar surface area (TPSA) is 80.4 Å². The Bertz CT molecular complexity index is 371. The van der Waals surface area contributed by atoms with E-state index in [2.05, 4.69) is 0 Å². The molecule has 0 aliphatic heterocycles. The van der Waals surface area contributed by atoms with Crippen molar-refractivity contribution >= 4 is 11.9 Å². The van der Waals surface area contributed by atoms with Gasteiger partial charge >= 0.3 is 5.97 Å². The highest BCUT2D eigenvalue weighted by atomic mass is 16.4. The van der Waals surface area contributed by atoms with Gasteiger partial charge in [0.05, 0.1) is 5.56 Å². The van der Waals surface area contributed by atoms with Gasteiger partial charge in [0.2, 0.25) is 5.91 Å². The minimum absolute atomic E-state index is 0.185. The van der Waals surface area contributed by atoms with Crippen molar-refractivity contribution < 1.29 is 14.7 Å². The Morgan fingerprint density at radius 3 is 2.38 bits per heavy atom. The number of amides is 1. The molecule has 0 bridgehead atoms. The third-order valence-corrected chi connectivity index (χ3v) is 1.74. The highest BCUT2D eigenvalue weighted by Gasteiger charge is 2.08. The van der Waals surface area contributed by atoms with Crippen LogP contribution in [-0.4, -0.2) is 17.0 Å². The standard InChI is InChI=1S/C9H9NO3/c1-5-4-6(8(10)11)2-3-7(5)9(12)13/h2-4H,1H3,(H2,10,11)(H,12,13). The minimum atomic E-state index is -1.01. The molecule has 0 aliphatic carbocycles. The SMILES string of the molecule is Cc1cc(C(N)=O)ccc1C(=O)O. The molecule has 1 aromatic carbocycles. The monoisotopic (exact) mass is 179 g/mol. The molecule has 1 rings (SSSR count). The molecule has 4 nitrogen and oxygen atoms in total. The molecule has 4 heteroatoms. The summed E-state index contributed by atoms with van der Waals surface area (Å²) in [6.07, 6.45) is 0. The lowest BCUT2D eigenvalue weighted by Gasteiger charge is -2.01. The van der Waals surface area contributed by atoms with Crippen molar-refractivity contribution in [3.8, 4) is 0 Å². The van der Waals surface area contributed by atoms with Gasteiger partial charge in [0.25, 0.3) is 0 Å². The molecule has 0 saturated carbocycles. The Hall–Kier alpha value is -1.84. The molecule has 13 heavy (non-hydrogen) atoms. The van der Waals surface area contributed by atoms with Crippen molar-refractivity contribution in [3.05, 3.63) is 34.9 Å². The smallest absolute Gasteiger partial charge is 0.335 e. The van der Waals surface area contributed by atoms with E-state index in [1.165, 1.54) is 18.2 Å². The minimum Gasteiger partial charge on any atom is -0.478 e. The second-order valence-corrected chi connectivity index (χ2v) is 2.70. The lowest BCUT2D eigenvalue weighted by Crippen LogP contribution is -2.12. The number of hydrogen-bond donors (Lipinski definition) is 2. The van der Waals surface area contributed by atoms with E-state index in [0.29, 0.717) is 11.1 Å². The fourth-order valence-electron chi connectivity index (χ4n) is 1.06. The second-order valence-electron chi connectivity index (χ2n) is 2.70. The van der Waals surface area contributed by atoms with Crippen LogP contribution in [0.4, 0.5) is 0 Å². The van der Waals surface area contributed by atoms with Gasteiger partial charge in [-0.3, -0.25) is 4.79 Å². The van der Waals surface area contributed by atoms with E-state index in [0.717, 1.165) is 0 Å². The first-order chi connectivity index (χ1) is 6.02. The molecule has 0 radical (unpaired) electrons. The molecular weight excluding hydrogens is 170 g/mol. The van der Waals surface area contributed by atoms with E-state index in [-0.39, 0.29) is 5.56 Å². The van der Waals surface area contributed by atoms with Crippen LogP contribution in [0.1, 0.15) is 26.3 Å². The fraction of sp³-hybridized carbons (Fsp3) is 0.111. The van der Waals surface area contributed by atoms with Crippen molar-refractivity contribution in [2.45, 2.75) is 6.92 Å². The maximum absolute atomic E-state index is 10.7. The van der Waals surface area contributed by atoms with Crippen LogP contribution in [-0.2, 0) is 0 Å². The molecule has 68 valence electrons. The quantitative estimate of drug-likeness (QED) is 0.704. The van der Waals surface area contributed by atoms with Gasteiger partial charge in [-0.1, -0.05) is 0 Å². The van der Waals surface area contributed by atoms with E-state index >= 15 is 0 Å². The lowest BCUT2D eigenvalue weighted by atomic mass is 10.1. The maximum Gasteiger partial charge on any atom is 0.335 e. The molecule has 0 aliphatic rings. The molecule has 1 amide bonds. The Labute approximate surface area is 75.0 Å². The van der Waals surface area contributed by atoms with E-state index in [1.54, 1.807) is 6.92 Å². The number of nitrogens with two attached hydrogens (primary N) is 1. The molecule has 0 atom stereocenters. The highest BCUT2D eigenvalue weighted by molar-refractivity contribution is 5.95. The number of carboxylic acid groups (broad SMARTS) is 1. The maximum atomic E-state index is 10.7. The van der Waals surface area contributed by atoms with Gasteiger partial charge in [0.1, 0.15) is 0 Å². The van der Waals surface area contributed by atoms with Crippen molar-refractivity contribution in [2.75, 3.05) is 0 Å². The first-order valence-corrected chi connectivity index (χ1v) is 3.66. The summed E-state index contributed by atoms with van der Waals surface area (Å²) in [5.74, 6) is -1.56. The van der Waals surface area contributed by atoms with Crippen LogP contribution >= 0.6 is 0 Å². The van der Waals surface area contributed by atoms with Gasteiger partial charge in [0, 0.05) is 5.56 Å². The van der Waals surface area contributed by atoms with Gasteiger partial charge < -0.3 is 10.8 Å². The van der Waals surface area contributed by atoms with E-state index < -0.39 is 11.9 Å². The third-order valence-electron chi connectivity index (χ3n) is 1.74. The summed E-state index contributed by atoms with van der Waals surface area (Å²) in [7, 11) is 0. The number of benzene rings is 1. The van der Waals surface area contributed by atoms with E-state index in [1.807, 2.05) is 0 Å². The van der Waals surface area contributed by atoms with Crippen LogP contribution in [0.15, 0.2) is 18.2 Å². The number of aryl methyl sites for hydroxylation is 1. The van der Waals surface area contributed by atoms with Crippen LogP contribution < -0.4 is 5.73 Å². The molecule has 0 heterocycles. The largest absolute Gasteiger partial charge is 0.478 e. The zero-order valence-electron chi connectivity index (χ0n) is 7.07.